The summed E-state index contributed by atoms with van der Waals surface area (Å²) in [6.45, 7) is 1.91. The first-order valence-electron chi connectivity index (χ1n) is 6.55. The second-order valence-electron chi connectivity index (χ2n) is 4.86. The highest BCUT2D eigenvalue weighted by atomic mass is 32.2. The monoisotopic (exact) mass is 314 g/mol. The summed E-state index contributed by atoms with van der Waals surface area (Å²) in [6.07, 6.45) is 2.92. The summed E-state index contributed by atoms with van der Waals surface area (Å²) in [4.78, 5) is 8.07. The Morgan fingerprint density at radius 3 is 2.64 bits per heavy atom. The van der Waals surface area contributed by atoms with Gasteiger partial charge in [0.1, 0.15) is 10.7 Å². The van der Waals surface area contributed by atoms with E-state index in [-0.39, 0.29) is 10.7 Å². The van der Waals surface area contributed by atoms with E-state index < -0.39 is 10.0 Å². The largest absolute Gasteiger partial charge is 0.384 e. The molecule has 0 spiro atoms. The summed E-state index contributed by atoms with van der Waals surface area (Å²) < 4.78 is 27.2. The van der Waals surface area contributed by atoms with Gasteiger partial charge < -0.3 is 5.73 Å². The number of hydrogen-bond acceptors (Lipinski definition) is 5. The van der Waals surface area contributed by atoms with Crippen molar-refractivity contribution in [2.45, 2.75) is 11.8 Å². The van der Waals surface area contributed by atoms with Gasteiger partial charge in [0, 0.05) is 29.2 Å². The first kappa shape index (κ1) is 14.3. The van der Waals surface area contributed by atoms with Gasteiger partial charge in [0.05, 0.1) is 0 Å². The fraction of sp³-hybridized carbons (Fsp3) is 0.0667. The van der Waals surface area contributed by atoms with E-state index >= 15 is 0 Å². The zero-order valence-corrected chi connectivity index (χ0v) is 12.6. The molecule has 2 aromatic heterocycles. The Hall–Kier alpha value is -2.67. The van der Waals surface area contributed by atoms with Crippen LogP contribution in [0.5, 0.6) is 0 Å². The number of nitrogens with zero attached hydrogens (tertiary/aromatic N) is 2. The van der Waals surface area contributed by atoms with Crippen LogP contribution >= 0.6 is 0 Å². The molecule has 6 nitrogen and oxygen atoms in total. The van der Waals surface area contributed by atoms with Crippen molar-refractivity contribution < 1.29 is 8.42 Å². The Morgan fingerprint density at radius 1 is 1.09 bits per heavy atom. The number of nitrogen functional groups attached to an aromatic ring is 1. The van der Waals surface area contributed by atoms with Crippen LogP contribution < -0.4 is 10.5 Å². The van der Waals surface area contributed by atoms with Crippen molar-refractivity contribution in [2.24, 2.45) is 0 Å². The van der Waals surface area contributed by atoms with E-state index in [1.54, 1.807) is 18.3 Å². The predicted octanol–water partition coefficient (Wildman–Crippen LogP) is 2.32. The van der Waals surface area contributed by atoms with Gasteiger partial charge in [-0.2, -0.15) is 0 Å². The molecule has 1 aromatic carbocycles. The average molecular weight is 314 g/mol. The Morgan fingerprint density at radius 2 is 1.91 bits per heavy atom. The molecule has 0 amide bonds. The number of hydrogen-bond donors (Lipinski definition) is 2. The molecule has 0 atom stereocenters. The number of pyridine rings is 2. The van der Waals surface area contributed by atoms with Crippen LogP contribution in [0.2, 0.25) is 0 Å². The number of aromatic nitrogens is 2. The highest BCUT2D eigenvalue weighted by Crippen LogP contribution is 2.23. The predicted molar refractivity (Wildman–Crippen MR) is 85.9 cm³/mol. The maximum Gasteiger partial charge on any atom is 0.263 e. The Bertz CT molecular complexity index is 937. The molecule has 7 heteroatoms. The normalized spacial score (nSPS) is 11.5. The highest BCUT2D eigenvalue weighted by Gasteiger charge is 2.14. The topological polar surface area (TPSA) is 98.0 Å². The van der Waals surface area contributed by atoms with Crippen LogP contribution in [0.25, 0.3) is 10.8 Å². The standard InChI is InChI=1S/C15H14N4O2S/c1-10-14-4-2-12(8-11(14)6-7-17-10)19-22(20,21)13-3-5-15(16)18-9-13/h2-9,19H,1H3,(H2,16,18). The molecule has 22 heavy (non-hydrogen) atoms. The van der Waals surface area contributed by atoms with E-state index in [2.05, 4.69) is 14.7 Å². The van der Waals surface area contributed by atoms with Gasteiger partial charge in [-0.25, -0.2) is 13.4 Å². The van der Waals surface area contributed by atoms with Crippen LogP contribution in [-0.4, -0.2) is 18.4 Å². The van der Waals surface area contributed by atoms with Crippen molar-refractivity contribution in [1.29, 1.82) is 0 Å². The molecular weight excluding hydrogens is 300 g/mol. The number of rotatable bonds is 3. The Kier molecular flexibility index (Phi) is 3.42. The van der Waals surface area contributed by atoms with Crippen molar-refractivity contribution in [3.8, 4) is 0 Å². The van der Waals surface area contributed by atoms with Crippen molar-refractivity contribution in [3.63, 3.8) is 0 Å². The number of anilines is 2. The lowest BCUT2D eigenvalue weighted by Gasteiger charge is -2.09. The van der Waals surface area contributed by atoms with Crippen LogP contribution in [0.15, 0.2) is 53.7 Å². The van der Waals surface area contributed by atoms with E-state index in [0.29, 0.717) is 5.69 Å². The van der Waals surface area contributed by atoms with Crippen LogP contribution in [0.4, 0.5) is 11.5 Å². The first-order chi connectivity index (χ1) is 10.5. The average Bonchev–Trinajstić information content (AvgIpc) is 2.47. The Balaban J connectivity index is 1.97. The quantitative estimate of drug-likeness (QED) is 0.773. The van der Waals surface area contributed by atoms with E-state index in [0.717, 1.165) is 16.5 Å². The zero-order chi connectivity index (χ0) is 15.7. The molecule has 3 N–H and O–H groups in total. The van der Waals surface area contributed by atoms with Gasteiger partial charge in [0.15, 0.2) is 0 Å². The summed E-state index contributed by atoms with van der Waals surface area (Å²) >= 11 is 0. The molecule has 112 valence electrons. The molecule has 2 heterocycles. The third-order valence-electron chi connectivity index (χ3n) is 3.29. The lowest BCUT2D eigenvalue weighted by Crippen LogP contribution is -2.13. The zero-order valence-electron chi connectivity index (χ0n) is 11.8. The van der Waals surface area contributed by atoms with Gasteiger partial charge in [-0.15, -0.1) is 0 Å². The first-order valence-corrected chi connectivity index (χ1v) is 8.04. The molecule has 0 bridgehead atoms. The minimum absolute atomic E-state index is 0.0627. The smallest absolute Gasteiger partial charge is 0.263 e. The van der Waals surface area contributed by atoms with E-state index in [9.17, 15) is 8.42 Å². The summed E-state index contributed by atoms with van der Waals surface area (Å²) in [6, 6.07) is 10.0. The summed E-state index contributed by atoms with van der Waals surface area (Å²) in [7, 11) is -3.69. The van der Waals surface area contributed by atoms with E-state index in [1.165, 1.54) is 18.3 Å². The molecule has 0 radical (unpaired) electrons. The number of fused-ring (bicyclic) bond motifs is 1. The van der Waals surface area contributed by atoms with Crippen LogP contribution in [0, 0.1) is 6.92 Å². The molecule has 0 aliphatic rings. The van der Waals surface area contributed by atoms with E-state index in [4.69, 9.17) is 5.73 Å². The summed E-state index contributed by atoms with van der Waals surface area (Å²) in [5.41, 5.74) is 6.85. The van der Waals surface area contributed by atoms with Gasteiger partial charge in [0.25, 0.3) is 10.0 Å². The molecule has 0 unspecified atom stereocenters. The Labute approximate surface area is 128 Å². The van der Waals surface area contributed by atoms with Gasteiger partial charge in [0.2, 0.25) is 0 Å². The molecule has 0 aliphatic carbocycles. The fourth-order valence-electron chi connectivity index (χ4n) is 2.16. The number of nitrogens with two attached hydrogens (primary N) is 1. The lowest BCUT2D eigenvalue weighted by atomic mass is 10.1. The second kappa shape index (κ2) is 5.27. The minimum Gasteiger partial charge on any atom is -0.384 e. The van der Waals surface area contributed by atoms with Gasteiger partial charge >= 0.3 is 0 Å². The number of aryl methyl sites for hydroxylation is 1. The van der Waals surface area contributed by atoms with E-state index in [1.807, 2.05) is 19.1 Å². The van der Waals surface area contributed by atoms with Crippen LogP contribution in [-0.2, 0) is 10.0 Å². The van der Waals surface area contributed by atoms with Crippen LogP contribution in [0.3, 0.4) is 0 Å². The molecule has 0 fully saturated rings. The highest BCUT2D eigenvalue weighted by molar-refractivity contribution is 7.92. The third kappa shape index (κ3) is 2.71. The molecule has 0 aliphatic heterocycles. The molecule has 3 aromatic rings. The lowest BCUT2D eigenvalue weighted by molar-refractivity contribution is 0.601. The van der Waals surface area contributed by atoms with Crippen molar-refractivity contribution in [1.82, 2.24) is 9.97 Å². The molecule has 3 rings (SSSR count). The maximum absolute atomic E-state index is 12.3. The van der Waals surface area contributed by atoms with Crippen molar-refractivity contribution in [3.05, 3.63) is 54.5 Å². The SMILES string of the molecule is Cc1nccc2cc(NS(=O)(=O)c3ccc(N)nc3)ccc12. The van der Waals surface area contributed by atoms with Crippen LogP contribution in [0.1, 0.15) is 5.69 Å². The summed E-state index contributed by atoms with van der Waals surface area (Å²) in [5.74, 6) is 0.271. The van der Waals surface area contributed by atoms with Crippen molar-refractivity contribution in [2.75, 3.05) is 10.5 Å². The summed E-state index contributed by atoms with van der Waals surface area (Å²) in [5, 5.41) is 1.91. The number of sulfonamides is 1. The minimum atomic E-state index is -3.69. The maximum atomic E-state index is 12.3. The molecular formula is C15H14N4O2S. The number of nitrogens with one attached hydrogen (secondary N) is 1. The molecule has 0 saturated heterocycles. The molecule has 0 saturated carbocycles. The third-order valence-corrected chi connectivity index (χ3v) is 4.65. The second-order valence-corrected chi connectivity index (χ2v) is 6.54. The van der Waals surface area contributed by atoms with Gasteiger partial charge in [-0.05, 0) is 42.6 Å². The number of benzene rings is 1. The fourth-order valence-corrected chi connectivity index (χ4v) is 3.15. The van der Waals surface area contributed by atoms with Gasteiger partial charge in [-0.1, -0.05) is 6.07 Å². The van der Waals surface area contributed by atoms with Gasteiger partial charge in [-0.3, -0.25) is 9.71 Å². The van der Waals surface area contributed by atoms with Crippen molar-refractivity contribution >= 4 is 32.3 Å².